The number of ether oxygens (including phenoxy) is 1. The molecular formula is C5H4ClO2. The molecule has 3 heteroatoms. The lowest BCUT2D eigenvalue weighted by Crippen LogP contribution is -1.97. The van der Waals surface area contributed by atoms with Crippen LogP contribution in [0, 0.1) is 18.2 Å². The average Bonchev–Trinajstić information content (AvgIpc) is 1.66. The molecule has 0 atom stereocenters. The van der Waals surface area contributed by atoms with Crippen LogP contribution in [0.15, 0.2) is 0 Å². The molecule has 0 fully saturated rings. The van der Waals surface area contributed by atoms with Crippen molar-refractivity contribution in [1.29, 1.82) is 0 Å². The lowest BCUT2D eigenvalue weighted by molar-refractivity contribution is -0.136. The van der Waals surface area contributed by atoms with E-state index in [-0.39, 0.29) is 6.61 Å². The van der Waals surface area contributed by atoms with Gasteiger partial charge >= 0.3 is 5.97 Å². The highest BCUT2D eigenvalue weighted by Gasteiger charge is 1.84. The highest BCUT2D eigenvalue weighted by atomic mass is 35.5. The molecule has 0 aromatic heterocycles. The minimum atomic E-state index is -0.593. The number of carbonyl (C=O) groups excluding carboxylic acids is 1. The van der Waals surface area contributed by atoms with Gasteiger partial charge in [-0.25, -0.2) is 0 Å². The molecule has 0 heterocycles. The predicted molar refractivity (Wildman–Crippen MR) is 29.9 cm³/mol. The Morgan fingerprint density at radius 3 is 2.88 bits per heavy atom. The van der Waals surface area contributed by atoms with E-state index < -0.39 is 5.97 Å². The maximum Gasteiger partial charge on any atom is 0.307 e. The van der Waals surface area contributed by atoms with Crippen molar-refractivity contribution in [3.8, 4) is 11.3 Å². The summed E-state index contributed by atoms with van der Waals surface area (Å²) < 4.78 is 4.27. The van der Waals surface area contributed by atoms with Gasteiger partial charge < -0.3 is 4.74 Å². The van der Waals surface area contributed by atoms with Gasteiger partial charge in [0.15, 0.2) is 6.61 Å². The molecular weight excluding hydrogens is 128 g/mol. The number of halogens is 1. The van der Waals surface area contributed by atoms with Crippen molar-refractivity contribution in [3.05, 3.63) is 6.92 Å². The molecule has 8 heavy (non-hydrogen) atoms. The zero-order chi connectivity index (χ0) is 6.41. The number of rotatable bonds is 1. The molecule has 0 spiro atoms. The maximum atomic E-state index is 9.87. The van der Waals surface area contributed by atoms with Gasteiger partial charge in [0.05, 0.1) is 6.92 Å². The van der Waals surface area contributed by atoms with Crippen molar-refractivity contribution < 1.29 is 9.53 Å². The van der Waals surface area contributed by atoms with Crippen LogP contribution in [0.3, 0.4) is 0 Å². The van der Waals surface area contributed by atoms with Crippen LogP contribution in [0.5, 0.6) is 0 Å². The van der Waals surface area contributed by atoms with Crippen LogP contribution in [0.25, 0.3) is 0 Å². The normalized spacial score (nSPS) is 6.75. The fourth-order valence-corrected chi connectivity index (χ4v) is 0.198. The van der Waals surface area contributed by atoms with Gasteiger partial charge in [0.1, 0.15) is 0 Å². The van der Waals surface area contributed by atoms with Crippen molar-refractivity contribution >= 4 is 17.6 Å². The molecule has 0 unspecified atom stereocenters. The lowest BCUT2D eigenvalue weighted by Gasteiger charge is -1.89. The molecule has 0 amide bonds. The van der Waals surface area contributed by atoms with Crippen LogP contribution < -0.4 is 0 Å². The quantitative estimate of drug-likeness (QED) is 0.384. The Balaban J connectivity index is 3.14. The molecule has 2 nitrogen and oxygen atoms in total. The summed E-state index contributed by atoms with van der Waals surface area (Å²) in [6.45, 7) is 2.96. The Kier molecular flexibility index (Phi) is 4.10. The van der Waals surface area contributed by atoms with Gasteiger partial charge in [0, 0.05) is 5.38 Å². The van der Waals surface area contributed by atoms with Crippen LogP contribution in [-0.2, 0) is 9.53 Å². The zero-order valence-electron chi connectivity index (χ0n) is 4.11. The first-order valence-corrected chi connectivity index (χ1v) is 2.22. The Labute approximate surface area is 52.8 Å². The summed E-state index contributed by atoms with van der Waals surface area (Å²) in [4.78, 5) is 9.87. The largest absolute Gasteiger partial charge is 0.452 e. The van der Waals surface area contributed by atoms with Gasteiger partial charge in [-0.1, -0.05) is 0 Å². The molecule has 0 aromatic carbocycles. The van der Waals surface area contributed by atoms with Gasteiger partial charge in [0.2, 0.25) is 0 Å². The summed E-state index contributed by atoms with van der Waals surface area (Å²) in [5.74, 6) is 1.72. The van der Waals surface area contributed by atoms with E-state index in [1.807, 2.05) is 5.38 Å². The summed E-state index contributed by atoms with van der Waals surface area (Å²) in [5.41, 5.74) is 0. The van der Waals surface area contributed by atoms with Crippen LogP contribution in [0.4, 0.5) is 0 Å². The Bertz CT molecular complexity index is 131. The Morgan fingerprint density at radius 2 is 2.50 bits per heavy atom. The molecule has 1 radical (unpaired) electrons. The molecule has 43 valence electrons. The SMILES string of the molecule is [CH2]C(=O)OCC#CCl. The number of hydrogen-bond acceptors (Lipinski definition) is 2. The summed E-state index contributed by atoms with van der Waals surface area (Å²) in [6.07, 6.45) is 0. The molecule has 0 rings (SSSR count). The first kappa shape index (κ1) is 7.32. The maximum absolute atomic E-state index is 9.87. The van der Waals surface area contributed by atoms with Crippen LogP contribution in [-0.4, -0.2) is 12.6 Å². The van der Waals surface area contributed by atoms with Crippen molar-refractivity contribution in [2.45, 2.75) is 0 Å². The van der Waals surface area contributed by atoms with Crippen LogP contribution >= 0.6 is 11.6 Å². The van der Waals surface area contributed by atoms with Gasteiger partial charge in [-0.15, -0.1) is 0 Å². The minimum absolute atomic E-state index is 0.0197. The number of carbonyl (C=O) groups is 1. The van der Waals surface area contributed by atoms with Crippen LogP contribution in [0.1, 0.15) is 0 Å². The number of esters is 1. The van der Waals surface area contributed by atoms with E-state index >= 15 is 0 Å². The summed E-state index contributed by atoms with van der Waals surface area (Å²) in [7, 11) is 0. The monoisotopic (exact) mass is 131 g/mol. The third kappa shape index (κ3) is 5.32. The van der Waals surface area contributed by atoms with Crippen molar-refractivity contribution in [3.63, 3.8) is 0 Å². The van der Waals surface area contributed by atoms with Gasteiger partial charge in [-0.05, 0) is 17.5 Å². The molecule has 0 saturated carbocycles. The zero-order valence-corrected chi connectivity index (χ0v) is 4.86. The van der Waals surface area contributed by atoms with E-state index in [1.165, 1.54) is 0 Å². The molecule has 0 N–H and O–H groups in total. The number of hydrogen-bond donors (Lipinski definition) is 0. The fourth-order valence-electron chi connectivity index (χ4n) is 0.144. The summed E-state index contributed by atoms with van der Waals surface area (Å²) >= 11 is 4.91. The van der Waals surface area contributed by atoms with Crippen molar-refractivity contribution in [1.82, 2.24) is 0 Å². The highest BCUT2D eigenvalue weighted by molar-refractivity contribution is 6.30. The van der Waals surface area contributed by atoms with E-state index in [0.717, 1.165) is 0 Å². The third-order valence-electron chi connectivity index (χ3n) is 0.372. The Morgan fingerprint density at radius 1 is 1.88 bits per heavy atom. The highest BCUT2D eigenvalue weighted by Crippen LogP contribution is 1.72. The predicted octanol–water partition coefficient (Wildman–Crippen LogP) is 0.563. The standard InChI is InChI=1S/C5H4ClO2/c1-5(7)8-4-2-3-6/h1,4H2. The second-order valence-electron chi connectivity index (χ2n) is 0.932. The molecule has 0 bridgehead atoms. The van der Waals surface area contributed by atoms with Gasteiger partial charge in [-0.2, -0.15) is 0 Å². The van der Waals surface area contributed by atoms with E-state index in [2.05, 4.69) is 17.6 Å². The summed E-state index contributed by atoms with van der Waals surface area (Å²) in [5, 5.41) is 2.04. The van der Waals surface area contributed by atoms with Crippen molar-refractivity contribution in [2.24, 2.45) is 0 Å². The second-order valence-corrected chi connectivity index (χ2v) is 1.12. The van der Waals surface area contributed by atoms with Crippen LogP contribution in [0.2, 0.25) is 0 Å². The van der Waals surface area contributed by atoms with E-state index in [1.54, 1.807) is 0 Å². The first-order valence-electron chi connectivity index (χ1n) is 1.84. The third-order valence-corrected chi connectivity index (χ3v) is 0.506. The van der Waals surface area contributed by atoms with E-state index in [4.69, 9.17) is 11.6 Å². The minimum Gasteiger partial charge on any atom is -0.452 e. The van der Waals surface area contributed by atoms with Gasteiger partial charge in [0.25, 0.3) is 0 Å². The van der Waals surface area contributed by atoms with E-state index in [9.17, 15) is 4.79 Å². The smallest absolute Gasteiger partial charge is 0.307 e. The Hall–Kier alpha value is -0.680. The molecule has 0 aliphatic heterocycles. The van der Waals surface area contributed by atoms with E-state index in [0.29, 0.717) is 0 Å². The second kappa shape index (κ2) is 4.48. The topological polar surface area (TPSA) is 26.3 Å². The van der Waals surface area contributed by atoms with Gasteiger partial charge in [-0.3, -0.25) is 4.79 Å². The molecule has 0 aliphatic carbocycles. The summed E-state index contributed by atoms with van der Waals surface area (Å²) in [6, 6.07) is 0. The average molecular weight is 132 g/mol. The first-order chi connectivity index (χ1) is 3.77. The van der Waals surface area contributed by atoms with Crippen molar-refractivity contribution in [2.75, 3.05) is 6.61 Å². The fraction of sp³-hybridized carbons (Fsp3) is 0.200. The molecule has 0 saturated heterocycles. The molecule has 0 aliphatic rings. The molecule has 0 aromatic rings. The lowest BCUT2D eigenvalue weighted by atomic mass is 10.7.